The second kappa shape index (κ2) is 14.2. The fourth-order valence-corrected chi connectivity index (χ4v) is 6.09. The molecule has 0 bridgehead atoms. The van der Waals surface area contributed by atoms with Crippen molar-refractivity contribution in [2.45, 2.75) is 102 Å². The molecule has 252 valence electrons. The zero-order valence-corrected chi connectivity index (χ0v) is 27.5. The Bertz CT molecular complexity index is 1470. The number of pyridine rings is 1. The Labute approximate surface area is 275 Å². The van der Waals surface area contributed by atoms with E-state index in [1.165, 1.54) is 4.90 Å². The second-order valence-corrected chi connectivity index (χ2v) is 13.9. The van der Waals surface area contributed by atoms with Gasteiger partial charge in [0.15, 0.2) is 6.10 Å². The molecule has 2 unspecified atom stereocenters. The highest BCUT2D eigenvalue weighted by atomic mass is 16.7. The summed E-state index contributed by atoms with van der Waals surface area (Å²) in [6.07, 6.45) is 6.55. The van der Waals surface area contributed by atoms with E-state index in [1.54, 1.807) is 24.5 Å². The number of carbonyl (C=O) groups excluding carboxylic acids is 4. The largest absolute Gasteiger partial charge is 0.381 e. The average molecular weight is 647 g/mol. The van der Waals surface area contributed by atoms with Gasteiger partial charge in [0.2, 0.25) is 17.7 Å². The summed E-state index contributed by atoms with van der Waals surface area (Å²) < 4.78 is 0. The molecule has 1 aliphatic carbocycles. The molecule has 1 saturated heterocycles. The molecule has 12 heteroatoms. The third kappa shape index (κ3) is 8.36. The zero-order chi connectivity index (χ0) is 33.8. The van der Waals surface area contributed by atoms with Gasteiger partial charge < -0.3 is 26.0 Å². The van der Waals surface area contributed by atoms with Crippen LogP contribution < -0.4 is 21.4 Å². The van der Waals surface area contributed by atoms with Crippen LogP contribution in [0.1, 0.15) is 70.9 Å². The Morgan fingerprint density at radius 1 is 1.11 bits per heavy atom. The van der Waals surface area contributed by atoms with E-state index in [4.69, 9.17) is 4.84 Å². The molecule has 2 fully saturated rings. The molecule has 4 amide bonds. The van der Waals surface area contributed by atoms with E-state index in [2.05, 4.69) is 26.4 Å². The predicted octanol–water partition coefficient (Wildman–Crippen LogP) is 2.00. The summed E-state index contributed by atoms with van der Waals surface area (Å²) in [5, 5.41) is 19.5. The van der Waals surface area contributed by atoms with Crippen LogP contribution in [-0.2, 0) is 30.4 Å². The predicted molar refractivity (Wildman–Crippen MR) is 175 cm³/mol. The lowest BCUT2D eigenvalue weighted by Crippen LogP contribution is -2.59. The van der Waals surface area contributed by atoms with Gasteiger partial charge in [-0.25, -0.2) is 0 Å². The van der Waals surface area contributed by atoms with Crippen LogP contribution >= 0.6 is 0 Å². The van der Waals surface area contributed by atoms with Crippen molar-refractivity contribution >= 4 is 29.3 Å². The second-order valence-electron chi connectivity index (χ2n) is 13.9. The Hall–Kier alpha value is -4.29. The molecule has 12 nitrogen and oxygen atoms in total. The number of likely N-dealkylation sites (tertiary alicyclic amines) is 1. The number of carbonyl (C=O) groups is 4. The SMILES string of the molecule is CCC[C@H](NC(=O)[C@@H]1CC2(C=C(c3ccccc3)NO2)CN1C(=O)[C@@H](NC(=O)Cc1cccnc1)C(C)(C)C)C(O)C(=O)NC1CC1. The molecule has 47 heavy (non-hydrogen) atoms. The van der Waals surface area contributed by atoms with E-state index in [0.29, 0.717) is 24.1 Å². The van der Waals surface area contributed by atoms with Crippen molar-refractivity contribution in [1.29, 1.82) is 0 Å². The van der Waals surface area contributed by atoms with Crippen LogP contribution in [0.4, 0.5) is 0 Å². The topological polar surface area (TPSA) is 162 Å². The van der Waals surface area contributed by atoms with Gasteiger partial charge in [0.25, 0.3) is 5.91 Å². The minimum atomic E-state index is -1.44. The van der Waals surface area contributed by atoms with Gasteiger partial charge in [0.1, 0.15) is 17.7 Å². The number of amides is 4. The van der Waals surface area contributed by atoms with Crippen molar-refractivity contribution in [3.05, 3.63) is 72.1 Å². The molecule has 1 aromatic heterocycles. The molecule has 1 saturated carbocycles. The summed E-state index contributed by atoms with van der Waals surface area (Å²) >= 11 is 0. The van der Waals surface area contributed by atoms with Gasteiger partial charge in [-0.3, -0.25) is 34.5 Å². The van der Waals surface area contributed by atoms with E-state index in [-0.39, 0.29) is 31.3 Å². The molecule has 0 radical (unpaired) electrons. The maximum Gasteiger partial charge on any atom is 0.251 e. The number of nitrogens with one attached hydrogen (secondary N) is 4. The summed E-state index contributed by atoms with van der Waals surface area (Å²) in [5.74, 6) is -1.81. The van der Waals surface area contributed by atoms with Gasteiger partial charge in [-0.2, -0.15) is 0 Å². The number of rotatable bonds is 12. The van der Waals surface area contributed by atoms with E-state index < -0.39 is 53.0 Å². The lowest BCUT2D eigenvalue weighted by molar-refractivity contribution is -0.145. The fourth-order valence-electron chi connectivity index (χ4n) is 6.09. The van der Waals surface area contributed by atoms with Crippen LogP contribution in [0.25, 0.3) is 5.70 Å². The lowest BCUT2D eigenvalue weighted by Gasteiger charge is -2.36. The normalized spacial score (nSPS) is 22.5. The number of hydroxylamine groups is 1. The van der Waals surface area contributed by atoms with Crippen LogP contribution in [0, 0.1) is 5.41 Å². The number of aliphatic hydroxyl groups is 1. The molecule has 5 rings (SSSR count). The maximum atomic E-state index is 14.5. The number of benzene rings is 1. The summed E-state index contributed by atoms with van der Waals surface area (Å²) in [6, 6.07) is 10.3. The molecule has 5 N–H and O–H groups in total. The smallest absolute Gasteiger partial charge is 0.251 e. The van der Waals surface area contributed by atoms with Crippen LogP contribution in [-0.4, -0.2) is 81.0 Å². The van der Waals surface area contributed by atoms with Gasteiger partial charge >= 0.3 is 0 Å². The lowest BCUT2D eigenvalue weighted by atomic mass is 9.85. The van der Waals surface area contributed by atoms with Crippen LogP contribution in [0.5, 0.6) is 0 Å². The van der Waals surface area contributed by atoms with Crippen LogP contribution in [0.15, 0.2) is 60.9 Å². The van der Waals surface area contributed by atoms with Gasteiger partial charge in [-0.05, 0) is 47.9 Å². The number of aromatic nitrogens is 1. The summed E-state index contributed by atoms with van der Waals surface area (Å²) in [4.78, 5) is 66.2. The Balaban J connectivity index is 1.41. The van der Waals surface area contributed by atoms with Crippen LogP contribution in [0.2, 0.25) is 0 Å². The number of aliphatic hydroxyl groups excluding tert-OH is 1. The minimum Gasteiger partial charge on any atom is -0.381 e. The number of nitrogens with zero attached hydrogens (tertiary/aromatic N) is 2. The van der Waals surface area contributed by atoms with Gasteiger partial charge in [-0.15, -0.1) is 0 Å². The van der Waals surface area contributed by atoms with Gasteiger partial charge in [0.05, 0.1) is 24.7 Å². The number of hydrogen-bond acceptors (Lipinski definition) is 8. The third-order valence-electron chi connectivity index (χ3n) is 8.80. The molecule has 1 aromatic carbocycles. The van der Waals surface area contributed by atoms with Crippen LogP contribution in [0.3, 0.4) is 0 Å². The molecule has 5 atom stereocenters. The van der Waals surface area contributed by atoms with Crippen molar-refractivity contribution in [2.75, 3.05) is 6.54 Å². The quantitative estimate of drug-likeness (QED) is 0.234. The fraction of sp³-hybridized carbons (Fsp3) is 0.514. The molecule has 3 aliphatic rings. The molecular weight excluding hydrogens is 600 g/mol. The average Bonchev–Trinajstić information content (AvgIpc) is 3.64. The number of hydrogen-bond donors (Lipinski definition) is 5. The van der Waals surface area contributed by atoms with Crippen molar-refractivity contribution in [3.63, 3.8) is 0 Å². The van der Waals surface area contributed by atoms with Gasteiger partial charge in [0, 0.05) is 24.9 Å². The van der Waals surface area contributed by atoms with Crippen molar-refractivity contribution in [2.24, 2.45) is 5.41 Å². The third-order valence-corrected chi connectivity index (χ3v) is 8.80. The standard InChI is InChI=1S/C35H46N6O6/c1-5-10-25(29(43)32(45)37-24-14-15-24)38-31(44)27-19-35(18-26(40-47-35)23-12-7-6-8-13-23)21-41(27)33(46)30(34(2,3)4)39-28(42)17-22-11-9-16-36-20-22/h6-9,11-13,16,18,20,24-25,27,29-30,40,43H,5,10,14-15,17,19,21H2,1-4H3,(H,37,45)(H,38,44)(H,39,42)/t25-,27-,29?,30+,35?/m0/s1. The Kier molecular flexibility index (Phi) is 10.3. The maximum absolute atomic E-state index is 14.5. The first-order valence-electron chi connectivity index (χ1n) is 16.4. The highest BCUT2D eigenvalue weighted by molar-refractivity contribution is 5.94. The van der Waals surface area contributed by atoms with Gasteiger partial charge in [-0.1, -0.05) is 70.5 Å². The first kappa shape index (κ1) is 34.1. The minimum absolute atomic E-state index is 0.0390. The summed E-state index contributed by atoms with van der Waals surface area (Å²) in [7, 11) is 0. The highest BCUT2D eigenvalue weighted by Gasteiger charge is 2.54. The first-order chi connectivity index (χ1) is 22.4. The molecule has 2 aromatic rings. The van der Waals surface area contributed by atoms with E-state index in [0.717, 1.165) is 18.4 Å². The van der Waals surface area contributed by atoms with E-state index in [1.807, 2.05) is 64.1 Å². The van der Waals surface area contributed by atoms with E-state index >= 15 is 0 Å². The Morgan fingerprint density at radius 3 is 2.49 bits per heavy atom. The zero-order valence-electron chi connectivity index (χ0n) is 27.5. The monoisotopic (exact) mass is 646 g/mol. The highest BCUT2D eigenvalue weighted by Crippen LogP contribution is 2.39. The van der Waals surface area contributed by atoms with Crippen molar-refractivity contribution < 1.29 is 29.1 Å². The molecular formula is C35H46N6O6. The van der Waals surface area contributed by atoms with Crippen molar-refractivity contribution in [3.8, 4) is 0 Å². The summed E-state index contributed by atoms with van der Waals surface area (Å²) in [6.45, 7) is 7.51. The summed E-state index contributed by atoms with van der Waals surface area (Å²) in [5.41, 5.74) is 3.55. The van der Waals surface area contributed by atoms with E-state index in [9.17, 15) is 24.3 Å². The van der Waals surface area contributed by atoms with Crippen molar-refractivity contribution in [1.82, 2.24) is 31.3 Å². The molecule has 1 spiro atoms. The molecule has 2 aliphatic heterocycles. The first-order valence-corrected chi connectivity index (χ1v) is 16.4. The Morgan fingerprint density at radius 2 is 1.85 bits per heavy atom. The molecule has 3 heterocycles.